The molecule has 3 rings (SSSR count). The maximum absolute atomic E-state index is 2.38. The predicted molar refractivity (Wildman–Crippen MR) is 71.7 cm³/mol. The molecule has 0 spiro atoms. The zero-order chi connectivity index (χ0) is 11.1. The molecule has 0 atom stereocenters. The number of nitrogens with zero attached hydrogens (tertiary/aromatic N) is 1. The van der Waals surface area contributed by atoms with Crippen molar-refractivity contribution in [1.82, 2.24) is 4.90 Å². The van der Waals surface area contributed by atoms with Crippen LogP contribution in [0.1, 0.15) is 18.2 Å². The number of fused-ring (bicyclic) bond motifs is 1. The molecule has 0 N–H and O–H groups in total. The normalized spacial score (nSPS) is 16.5. The number of thiophene rings is 1. The van der Waals surface area contributed by atoms with Crippen LogP contribution in [0.25, 0.3) is 15.8 Å². The fraction of sp³-hybridized carbons (Fsp3) is 0.286. The molecule has 82 valence electrons. The molecule has 2 heterocycles. The van der Waals surface area contributed by atoms with Gasteiger partial charge < -0.3 is 4.90 Å². The first-order chi connectivity index (χ1) is 7.75. The van der Waals surface area contributed by atoms with Gasteiger partial charge in [0.25, 0.3) is 0 Å². The van der Waals surface area contributed by atoms with Crippen LogP contribution in [0.3, 0.4) is 0 Å². The summed E-state index contributed by atoms with van der Waals surface area (Å²) in [6, 6.07) is 10.9. The van der Waals surface area contributed by atoms with E-state index in [-0.39, 0.29) is 0 Å². The summed E-state index contributed by atoms with van der Waals surface area (Å²) in [7, 11) is 2.19. The van der Waals surface area contributed by atoms with Gasteiger partial charge in [-0.25, -0.2) is 0 Å². The summed E-state index contributed by atoms with van der Waals surface area (Å²) < 4.78 is 1.39. The van der Waals surface area contributed by atoms with Gasteiger partial charge in [-0.3, -0.25) is 0 Å². The highest BCUT2D eigenvalue weighted by Crippen LogP contribution is 2.36. The summed E-state index contributed by atoms with van der Waals surface area (Å²) in [5.41, 5.74) is 2.97. The first-order valence-electron chi connectivity index (χ1n) is 5.65. The van der Waals surface area contributed by atoms with E-state index in [9.17, 15) is 0 Å². The lowest BCUT2D eigenvalue weighted by Crippen LogP contribution is -2.11. The fourth-order valence-electron chi connectivity index (χ4n) is 2.39. The third-order valence-corrected chi connectivity index (χ3v) is 4.39. The van der Waals surface area contributed by atoms with Crippen LogP contribution in [0.4, 0.5) is 0 Å². The van der Waals surface area contributed by atoms with Gasteiger partial charge in [0, 0.05) is 18.3 Å². The van der Waals surface area contributed by atoms with Crippen molar-refractivity contribution < 1.29 is 0 Å². The van der Waals surface area contributed by atoms with Gasteiger partial charge >= 0.3 is 0 Å². The molecule has 1 aromatic heterocycles. The average molecular weight is 229 g/mol. The van der Waals surface area contributed by atoms with Crippen molar-refractivity contribution in [1.29, 1.82) is 0 Å². The quantitative estimate of drug-likeness (QED) is 0.715. The molecule has 2 aromatic rings. The minimum Gasteiger partial charge on any atom is -0.373 e. The highest BCUT2D eigenvalue weighted by Gasteiger charge is 2.19. The molecule has 0 radical (unpaired) electrons. The van der Waals surface area contributed by atoms with E-state index in [1.807, 2.05) is 11.3 Å². The average Bonchev–Trinajstić information content (AvgIpc) is 2.82. The largest absolute Gasteiger partial charge is 0.373 e. The van der Waals surface area contributed by atoms with Crippen molar-refractivity contribution in [3.63, 3.8) is 0 Å². The second-order valence-electron chi connectivity index (χ2n) is 4.45. The van der Waals surface area contributed by atoms with Crippen molar-refractivity contribution in [3.8, 4) is 0 Å². The standard InChI is InChI=1S/C14H15NS/c1-10-7-8-15(2)14(10)13-9-11-5-3-4-6-12(11)16-13/h3-6,9H,7-8H2,1-2H3. The lowest BCUT2D eigenvalue weighted by molar-refractivity contribution is 0.518. The molecule has 0 fully saturated rings. The van der Waals surface area contributed by atoms with Crippen molar-refractivity contribution in [3.05, 3.63) is 40.8 Å². The molecule has 0 bridgehead atoms. The van der Waals surface area contributed by atoms with Gasteiger partial charge in [0.2, 0.25) is 0 Å². The molecule has 2 heteroatoms. The van der Waals surface area contributed by atoms with Gasteiger partial charge in [0.15, 0.2) is 0 Å². The highest BCUT2D eigenvalue weighted by molar-refractivity contribution is 7.20. The van der Waals surface area contributed by atoms with Crippen molar-refractivity contribution in [2.24, 2.45) is 0 Å². The number of benzene rings is 1. The van der Waals surface area contributed by atoms with E-state index < -0.39 is 0 Å². The van der Waals surface area contributed by atoms with Crippen molar-refractivity contribution in [2.75, 3.05) is 13.6 Å². The van der Waals surface area contributed by atoms with Crippen LogP contribution in [0.15, 0.2) is 35.9 Å². The molecule has 1 nitrogen and oxygen atoms in total. The Bertz CT molecular complexity index is 532. The first kappa shape index (κ1) is 9.91. The Kier molecular flexibility index (Phi) is 2.25. The van der Waals surface area contributed by atoms with Crippen LogP contribution in [-0.2, 0) is 0 Å². The Morgan fingerprint density at radius 2 is 2.06 bits per heavy atom. The van der Waals surface area contributed by atoms with Gasteiger partial charge in [-0.2, -0.15) is 0 Å². The van der Waals surface area contributed by atoms with Gasteiger partial charge in [-0.1, -0.05) is 18.2 Å². The van der Waals surface area contributed by atoms with Gasteiger partial charge in [-0.05, 0) is 36.4 Å². The molecule has 0 saturated heterocycles. The number of rotatable bonds is 1. The molecule has 1 aromatic carbocycles. The van der Waals surface area contributed by atoms with Crippen molar-refractivity contribution in [2.45, 2.75) is 13.3 Å². The third-order valence-electron chi connectivity index (χ3n) is 3.27. The Balaban J connectivity index is 2.16. The SMILES string of the molecule is CC1=C(c2cc3ccccc3s2)N(C)CC1. The van der Waals surface area contributed by atoms with Crippen LogP contribution in [0, 0.1) is 0 Å². The molecule has 16 heavy (non-hydrogen) atoms. The zero-order valence-corrected chi connectivity index (χ0v) is 10.5. The second-order valence-corrected chi connectivity index (χ2v) is 5.53. The van der Waals surface area contributed by atoms with Crippen LogP contribution in [0.5, 0.6) is 0 Å². The summed E-state index contributed by atoms with van der Waals surface area (Å²) in [6.45, 7) is 3.42. The highest BCUT2D eigenvalue weighted by atomic mass is 32.1. The van der Waals surface area contributed by atoms with E-state index in [1.54, 1.807) is 0 Å². The number of hydrogen-bond donors (Lipinski definition) is 0. The van der Waals surface area contributed by atoms with Gasteiger partial charge in [-0.15, -0.1) is 11.3 Å². The van der Waals surface area contributed by atoms with E-state index in [0.717, 1.165) is 6.54 Å². The first-order valence-corrected chi connectivity index (χ1v) is 6.47. The predicted octanol–water partition coefficient (Wildman–Crippen LogP) is 3.97. The molecule has 0 unspecified atom stereocenters. The second kappa shape index (κ2) is 3.63. The van der Waals surface area contributed by atoms with Gasteiger partial charge in [0.1, 0.15) is 0 Å². The summed E-state index contributed by atoms with van der Waals surface area (Å²) in [4.78, 5) is 3.79. The summed E-state index contributed by atoms with van der Waals surface area (Å²) in [5.74, 6) is 0. The Hall–Kier alpha value is -1.28. The minimum atomic E-state index is 1.16. The van der Waals surface area contributed by atoms with E-state index in [4.69, 9.17) is 0 Å². The van der Waals surface area contributed by atoms with Crippen LogP contribution >= 0.6 is 11.3 Å². The van der Waals surface area contributed by atoms with E-state index in [0.29, 0.717) is 0 Å². The van der Waals surface area contributed by atoms with E-state index in [1.165, 1.54) is 32.7 Å². The molecule has 1 aliphatic rings. The Labute approximate surface area is 100 Å². The summed E-state index contributed by atoms with van der Waals surface area (Å²) >= 11 is 1.90. The molecule has 0 saturated carbocycles. The van der Waals surface area contributed by atoms with E-state index in [2.05, 4.69) is 49.2 Å². The molecule has 0 aliphatic carbocycles. The Morgan fingerprint density at radius 1 is 1.25 bits per heavy atom. The van der Waals surface area contributed by atoms with Gasteiger partial charge in [0.05, 0.1) is 10.6 Å². The zero-order valence-electron chi connectivity index (χ0n) is 9.66. The lowest BCUT2D eigenvalue weighted by atomic mass is 10.2. The topological polar surface area (TPSA) is 3.24 Å². The molecular weight excluding hydrogens is 214 g/mol. The van der Waals surface area contributed by atoms with Crippen molar-refractivity contribution >= 4 is 27.1 Å². The summed E-state index contributed by atoms with van der Waals surface area (Å²) in [6.07, 6.45) is 1.21. The molecule has 0 amide bonds. The third kappa shape index (κ3) is 1.45. The molecule has 1 aliphatic heterocycles. The minimum absolute atomic E-state index is 1.16. The van der Waals surface area contributed by atoms with Crippen LogP contribution in [-0.4, -0.2) is 18.5 Å². The fourth-order valence-corrected chi connectivity index (χ4v) is 3.63. The lowest BCUT2D eigenvalue weighted by Gasteiger charge is -2.14. The number of hydrogen-bond acceptors (Lipinski definition) is 2. The monoisotopic (exact) mass is 229 g/mol. The van der Waals surface area contributed by atoms with E-state index >= 15 is 0 Å². The summed E-state index contributed by atoms with van der Waals surface area (Å²) in [5, 5.41) is 1.36. The maximum Gasteiger partial charge on any atom is 0.0529 e. The Morgan fingerprint density at radius 3 is 2.75 bits per heavy atom. The van der Waals surface area contributed by atoms with Crippen LogP contribution < -0.4 is 0 Å². The molecular formula is C14H15NS. The smallest absolute Gasteiger partial charge is 0.0529 e. The van der Waals surface area contributed by atoms with Crippen LogP contribution in [0.2, 0.25) is 0 Å². The maximum atomic E-state index is 2.38.